The predicted molar refractivity (Wildman–Crippen MR) is 61.1 cm³/mol. The number of rotatable bonds is 2. The molecule has 0 aliphatic heterocycles. The van der Waals surface area contributed by atoms with Crippen molar-refractivity contribution in [3.05, 3.63) is 29.6 Å². The molecule has 1 saturated carbocycles. The molecule has 0 N–H and O–H groups in total. The van der Waals surface area contributed by atoms with Crippen LogP contribution in [0.2, 0.25) is 0 Å². The van der Waals surface area contributed by atoms with Gasteiger partial charge in [-0.25, -0.2) is 13.2 Å². The lowest BCUT2D eigenvalue weighted by molar-refractivity contribution is 0.499. The highest BCUT2D eigenvalue weighted by Gasteiger charge is 2.18. The molecule has 1 aliphatic rings. The molecule has 0 nitrogen and oxygen atoms in total. The average molecular weight is 246 g/mol. The van der Waals surface area contributed by atoms with Crippen LogP contribution in [0, 0.1) is 17.5 Å². The second kappa shape index (κ2) is 5.18. The molecule has 0 radical (unpaired) electrons. The Balaban J connectivity index is 2.13. The van der Waals surface area contributed by atoms with E-state index in [0.29, 0.717) is 11.7 Å². The second-order valence-electron chi connectivity index (χ2n) is 4.23. The van der Waals surface area contributed by atoms with Crippen molar-refractivity contribution in [3.63, 3.8) is 0 Å². The van der Waals surface area contributed by atoms with Gasteiger partial charge in [0, 0.05) is 11.4 Å². The summed E-state index contributed by atoms with van der Waals surface area (Å²) in [5.74, 6) is -2.62. The van der Waals surface area contributed by atoms with Crippen LogP contribution >= 0.6 is 8.58 Å². The quantitative estimate of drug-likeness (QED) is 0.551. The van der Waals surface area contributed by atoms with Gasteiger partial charge in [-0.05, 0) is 24.6 Å². The van der Waals surface area contributed by atoms with Crippen molar-refractivity contribution in [2.24, 2.45) is 0 Å². The summed E-state index contributed by atoms with van der Waals surface area (Å²) >= 11 is 0. The smallest absolute Gasteiger partial charge is 0.166 e. The van der Waals surface area contributed by atoms with Gasteiger partial charge in [-0.15, -0.1) is 0 Å². The zero-order valence-electron chi connectivity index (χ0n) is 8.90. The fourth-order valence-electron chi connectivity index (χ4n) is 2.13. The molecule has 4 heteroatoms. The first kappa shape index (κ1) is 11.9. The standard InChI is InChI=1S/C12H14F3P/c13-8-6-10(14)12(15)11(7-8)16-9-4-2-1-3-5-9/h6-7,9,16H,1-5H2. The minimum Gasteiger partial charge on any atom is -0.207 e. The maximum absolute atomic E-state index is 13.4. The monoisotopic (exact) mass is 246 g/mol. The van der Waals surface area contributed by atoms with Crippen molar-refractivity contribution in [1.29, 1.82) is 0 Å². The molecule has 0 aromatic heterocycles. The molecule has 0 amide bonds. The zero-order valence-corrected chi connectivity index (χ0v) is 9.90. The molecule has 0 spiro atoms. The minimum absolute atomic E-state index is 0.190. The lowest BCUT2D eigenvalue weighted by Gasteiger charge is -2.21. The lowest BCUT2D eigenvalue weighted by atomic mass is 10.0. The van der Waals surface area contributed by atoms with Crippen LogP contribution in [-0.4, -0.2) is 5.66 Å². The average Bonchev–Trinajstić information content (AvgIpc) is 2.27. The Morgan fingerprint density at radius 1 is 1.00 bits per heavy atom. The van der Waals surface area contributed by atoms with Crippen LogP contribution in [0.3, 0.4) is 0 Å². The first-order valence-electron chi connectivity index (χ1n) is 5.58. The maximum Gasteiger partial charge on any atom is 0.166 e. The summed E-state index contributed by atoms with van der Waals surface area (Å²) < 4.78 is 39.3. The number of benzene rings is 1. The minimum atomic E-state index is -1.07. The Kier molecular flexibility index (Phi) is 3.86. The van der Waals surface area contributed by atoms with Crippen molar-refractivity contribution >= 4 is 13.9 Å². The summed E-state index contributed by atoms with van der Waals surface area (Å²) in [7, 11) is 0.190. The Morgan fingerprint density at radius 2 is 1.69 bits per heavy atom. The van der Waals surface area contributed by atoms with Gasteiger partial charge in [0.15, 0.2) is 11.6 Å². The van der Waals surface area contributed by atoms with Crippen LogP contribution in [0.4, 0.5) is 13.2 Å². The van der Waals surface area contributed by atoms with Crippen LogP contribution in [-0.2, 0) is 0 Å². The normalized spacial score (nSPS) is 18.4. The molecule has 0 bridgehead atoms. The summed E-state index contributed by atoms with van der Waals surface area (Å²) in [6.45, 7) is 0. The third-order valence-electron chi connectivity index (χ3n) is 2.96. The molecule has 88 valence electrons. The number of hydrogen-bond donors (Lipinski definition) is 0. The number of halogens is 3. The highest BCUT2D eigenvalue weighted by atomic mass is 31.1. The highest BCUT2D eigenvalue weighted by molar-refractivity contribution is 7.48. The van der Waals surface area contributed by atoms with Crippen molar-refractivity contribution in [3.8, 4) is 0 Å². The van der Waals surface area contributed by atoms with E-state index in [9.17, 15) is 13.2 Å². The molecular formula is C12H14F3P. The first-order valence-corrected chi connectivity index (χ1v) is 6.65. The fourth-order valence-corrected chi connectivity index (χ4v) is 3.73. The topological polar surface area (TPSA) is 0 Å². The SMILES string of the molecule is Fc1cc(F)c(F)c(PC2CCCCC2)c1. The van der Waals surface area contributed by atoms with E-state index in [1.807, 2.05) is 0 Å². The van der Waals surface area contributed by atoms with E-state index in [-0.39, 0.29) is 13.9 Å². The van der Waals surface area contributed by atoms with Crippen molar-refractivity contribution in [2.75, 3.05) is 0 Å². The summed E-state index contributed by atoms with van der Waals surface area (Å²) in [6.07, 6.45) is 5.63. The maximum atomic E-state index is 13.4. The Morgan fingerprint density at radius 3 is 2.38 bits per heavy atom. The number of hydrogen-bond acceptors (Lipinski definition) is 0. The predicted octanol–water partition coefficient (Wildman–Crippen LogP) is 3.74. The molecule has 1 fully saturated rings. The molecule has 1 aliphatic carbocycles. The Hall–Kier alpha value is -0.560. The van der Waals surface area contributed by atoms with Crippen LogP contribution < -0.4 is 5.30 Å². The molecule has 1 aromatic carbocycles. The molecule has 2 rings (SSSR count). The molecule has 0 saturated heterocycles. The zero-order chi connectivity index (χ0) is 11.5. The van der Waals surface area contributed by atoms with Crippen LogP contribution in [0.25, 0.3) is 0 Å². The summed E-state index contributed by atoms with van der Waals surface area (Å²) in [5.41, 5.74) is 0.407. The van der Waals surface area contributed by atoms with Gasteiger partial charge in [0.2, 0.25) is 0 Å². The van der Waals surface area contributed by atoms with Gasteiger partial charge in [-0.1, -0.05) is 27.8 Å². The van der Waals surface area contributed by atoms with Crippen molar-refractivity contribution in [1.82, 2.24) is 0 Å². The van der Waals surface area contributed by atoms with Gasteiger partial charge in [0.1, 0.15) is 5.82 Å². The summed E-state index contributed by atoms with van der Waals surface area (Å²) in [5, 5.41) is 0.212. The van der Waals surface area contributed by atoms with Crippen LogP contribution in [0.15, 0.2) is 12.1 Å². The van der Waals surface area contributed by atoms with Gasteiger partial charge in [-0.2, -0.15) is 0 Å². The van der Waals surface area contributed by atoms with E-state index in [1.54, 1.807) is 0 Å². The van der Waals surface area contributed by atoms with Gasteiger partial charge >= 0.3 is 0 Å². The fraction of sp³-hybridized carbons (Fsp3) is 0.500. The van der Waals surface area contributed by atoms with E-state index >= 15 is 0 Å². The van der Waals surface area contributed by atoms with E-state index in [4.69, 9.17) is 0 Å². The third kappa shape index (κ3) is 2.76. The molecule has 1 atom stereocenters. The largest absolute Gasteiger partial charge is 0.207 e. The molecule has 1 unspecified atom stereocenters. The van der Waals surface area contributed by atoms with Gasteiger partial charge in [0.25, 0.3) is 0 Å². The lowest BCUT2D eigenvalue weighted by Crippen LogP contribution is -2.14. The molecule has 0 heterocycles. The third-order valence-corrected chi connectivity index (χ3v) is 4.62. The van der Waals surface area contributed by atoms with E-state index in [1.165, 1.54) is 6.42 Å². The van der Waals surface area contributed by atoms with Crippen LogP contribution in [0.5, 0.6) is 0 Å². The van der Waals surface area contributed by atoms with Crippen molar-refractivity contribution < 1.29 is 13.2 Å². The molecular weight excluding hydrogens is 232 g/mol. The molecule has 1 aromatic rings. The molecule has 16 heavy (non-hydrogen) atoms. The van der Waals surface area contributed by atoms with E-state index < -0.39 is 17.5 Å². The highest BCUT2D eigenvalue weighted by Crippen LogP contribution is 2.33. The van der Waals surface area contributed by atoms with Crippen LogP contribution in [0.1, 0.15) is 32.1 Å². The van der Waals surface area contributed by atoms with E-state index in [2.05, 4.69) is 0 Å². The van der Waals surface area contributed by atoms with E-state index in [0.717, 1.165) is 31.7 Å². The second-order valence-corrected chi connectivity index (χ2v) is 5.87. The van der Waals surface area contributed by atoms with Crippen molar-refractivity contribution in [2.45, 2.75) is 37.8 Å². The van der Waals surface area contributed by atoms with Gasteiger partial charge in [0.05, 0.1) is 0 Å². The Bertz CT molecular complexity index is 373. The Labute approximate surface area is 95.0 Å². The van der Waals surface area contributed by atoms with Gasteiger partial charge < -0.3 is 0 Å². The summed E-state index contributed by atoms with van der Waals surface area (Å²) in [4.78, 5) is 0. The summed E-state index contributed by atoms with van der Waals surface area (Å²) in [6, 6.07) is 1.73. The van der Waals surface area contributed by atoms with Gasteiger partial charge in [-0.3, -0.25) is 0 Å². The first-order chi connectivity index (χ1) is 7.66.